The number of hydrogen-bond acceptors (Lipinski definition) is 6. The summed E-state index contributed by atoms with van der Waals surface area (Å²) in [7, 11) is 3.23. The number of methoxy groups -OCH3 is 1. The quantitative estimate of drug-likeness (QED) is 0.430. The first kappa shape index (κ1) is 26.9. The molecule has 3 aromatic rings. The van der Waals surface area contributed by atoms with Crippen molar-refractivity contribution in [3.63, 3.8) is 0 Å². The van der Waals surface area contributed by atoms with Crippen molar-refractivity contribution < 1.29 is 17.9 Å². The van der Waals surface area contributed by atoms with E-state index >= 15 is 0 Å². The molecule has 4 rings (SSSR count). The van der Waals surface area contributed by atoms with E-state index in [1.807, 2.05) is 6.07 Å². The van der Waals surface area contributed by atoms with E-state index in [-0.39, 0.29) is 23.8 Å². The number of hydrogen-bond donors (Lipinski definition) is 0. The summed E-state index contributed by atoms with van der Waals surface area (Å²) in [4.78, 5) is 26.4. The maximum Gasteiger partial charge on any atom is 0.416 e. The van der Waals surface area contributed by atoms with Crippen molar-refractivity contribution in [1.82, 2.24) is 19.4 Å². The second-order valence-corrected chi connectivity index (χ2v) is 9.52. The van der Waals surface area contributed by atoms with Gasteiger partial charge in [-0.2, -0.15) is 18.2 Å². The van der Waals surface area contributed by atoms with Crippen LogP contribution in [0, 0.1) is 0 Å². The van der Waals surface area contributed by atoms with Crippen LogP contribution in [-0.2, 0) is 13.2 Å². The van der Waals surface area contributed by atoms with Crippen molar-refractivity contribution in [2.75, 3.05) is 25.1 Å². The molecular weight excluding hydrogens is 483 g/mol. The van der Waals surface area contributed by atoms with Crippen LogP contribution in [0.2, 0.25) is 0 Å². The minimum atomic E-state index is -4.36. The monoisotopic (exact) mass is 517 g/mol. The van der Waals surface area contributed by atoms with E-state index in [9.17, 15) is 18.0 Å². The lowest BCUT2D eigenvalue weighted by Crippen LogP contribution is -2.59. The molecule has 2 aromatic heterocycles. The van der Waals surface area contributed by atoms with Crippen molar-refractivity contribution in [2.45, 2.75) is 64.3 Å². The Kier molecular flexibility index (Phi) is 7.77. The number of pyridine rings is 1. The standard InChI is InChI=1S/C27H34F3N5O2/c1-6-19-16-35(25-24-22(33(4)26(36)32-25)13-14-23(31-24)37-5)20(7-2)15-34(19)21(8-3)17-9-11-18(12-10-17)27(28,29)30/h9-14,19-21H,6-8,15-16H2,1-5H3/t19-,20+,21?/m1/s1. The van der Waals surface area contributed by atoms with Gasteiger partial charge < -0.3 is 9.64 Å². The number of aryl methyl sites for hydroxylation is 1. The average Bonchev–Trinajstić information content (AvgIpc) is 2.90. The van der Waals surface area contributed by atoms with Gasteiger partial charge in [-0.3, -0.25) is 9.47 Å². The second-order valence-electron chi connectivity index (χ2n) is 9.52. The molecule has 1 saturated heterocycles. The van der Waals surface area contributed by atoms with Crippen LogP contribution in [0.4, 0.5) is 19.0 Å². The molecule has 0 bridgehead atoms. The lowest BCUT2D eigenvalue weighted by atomic mass is 9.94. The average molecular weight is 518 g/mol. The highest BCUT2D eigenvalue weighted by Crippen LogP contribution is 2.36. The first-order valence-electron chi connectivity index (χ1n) is 12.7. The van der Waals surface area contributed by atoms with Crippen molar-refractivity contribution in [3.8, 4) is 5.88 Å². The van der Waals surface area contributed by atoms with Gasteiger partial charge in [0.25, 0.3) is 0 Å². The second kappa shape index (κ2) is 10.7. The van der Waals surface area contributed by atoms with Crippen LogP contribution in [0.15, 0.2) is 41.2 Å². The van der Waals surface area contributed by atoms with Gasteiger partial charge in [-0.15, -0.1) is 0 Å². The summed E-state index contributed by atoms with van der Waals surface area (Å²) in [5.41, 5.74) is 1.17. The molecule has 37 heavy (non-hydrogen) atoms. The third kappa shape index (κ3) is 5.16. The molecule has 1 aliphatic rings. The van der Waals surface area contributed by atoms with Crippen molar-refractivity contribution in [1.29, 1.82) is 0 Å². The summed E-state index contributed by atoms with van der Waals surface area (Å²) in [6.07, 6.45) is -1.95. The Balaban J connectivity index is 1.72. The zero-order chi connectivity index (χ0) is 26.9. The Morgan fingerprint density at radius 1 is 1.00 bits per heavy atom. The molecule has 0 saturated carbocycles. The molecule has 0 spiro atoms. The largest absolute Gasteiger partial charge is 0.481 e. The minimum Gasteiger partial charge on any atom is -0.481 e. The number of nitrogens with zero attached hydrogens (tertiary/aromatic N) is 5. The van der Waals surface area contributed by atoms with Crippen LogP contribution in [0.5, 0.6) is 5.88 Å². The van der Waals surface area contributed by atoms with Crippen molar-refractivity contribution in [3.05, 3.63) is 58.0 Å². The van der Waals surface area contributed by atoms with Crippen LogP contribution >= 0.6 is 0 Å². The van der Waals surface area contributed by atoms with Crippen molar-refractivity contribution >= 4 is 16.9 Å². The van der Waals surface area contributed by atoms with Crippen LogP contribution in [0.25, 0.3) is 11.0 Å². The molecule has 0 aliphatic carbocycles. The molecule has 1 unspecified atom stereocenters. The molecule has 10 heteroatoms. The summed E-state index contributed by atoms with van der Waals surface area (Å²) >= 11 is 0. The van der Waals surface area contributed by atoms with Crippen LogP contribution in [0.3, 0.4) is 0 Å². The molecule has 3 atom stereocenters. The van der Waals surface area contributed by atoms with E-state index in [0.29, 0.717) is 35.8 Å². The molecule has 1 aliphatic heterocycles. The van der Waals surface area contributed by atoms with E-state index in [4.69, 9.17) is 4.74 Å². The van der Waals surface area contributed by atoms with Gasteiger partial charge in [-0.05, 0) is 43.0 Å². The zero-order valence-corrected chi connectivity index (χ0v) is 21.9. The molecular formula is C27H34F3N5O2. The highest BCUT2D eigenvalue weighted by molar-refractivity contribution is 5.86. The fourth-order valence-corrected chi connectivity index (χ4v) is 5.39. The first-order chi connectivity index (χ1) is 17.6. The Morgan fingerprint density at radius 2 is 1.68 bits per heavy atom. The third-order valence-electron chi connectivity index (χ3n) is 7.48. The maximum atomic E-state index is 13.1. The number of halogens is 3. The number of benzene rings is 1. The topological polar surface area (TPSA) is 63.5 Å². The van der Waals surface area contributed by atoms with Gasteiger partial charge >= 0.3 is 11.9 Å². The Labute approximate surface area is 214 Å². The fraction of sp³-hybridized carbons (Fsp3) is 0.519. The predicted octanol–water partition coefficient (Wildman–Crippen LogP) is 5.19. The van der Waals surface area contributed by atoms with Gasteiger partial charge in [-0.1, -0.05) is 32.9 Å². The number of alkyl halides is 3. The normalized spacial score (nSPS) is 19.8. The highest BCUT2D eigenvalue weighted by atomic mass is 19.4. The zero-order valence-electron chi connectivity index (χ0n) is 21.9. The molecule has 1 aromatic carbocycles. The van der Waals surface area contributed by atoms with Gasteiger partial charge in [0.15, 0.2) is 5.82 Å². The Bertz CT molecular complexity index is 1290. The molecule has 0 radical (unpaired) electrons. The minimum absolute atomic E-state index is 0.0185. The van der Waals surface area contributed by atoms with E-state index < -0.39 is 11.7 Å². The SMILES string of the molecule is CCC(c1ccc(C(F)(F)F)cc1)N1C[C@H](CC)N(c2nc(=O)n(C)c3ccc(OC)nc23)C[C@H]1CC. The van der Waals surface area contributed by atoms with E-state index in [1.54, 1.807) is 32.4 Å². The maximum absolute atomic E-state index is 13.1. The summed E-state index contributed by atoms with van der Waals surface area (Å²) in [5.74, 6) is 0.991. The third-order valence-corrected chi connectivity index (χ3v) is 7.48. The number of anilines is 1. The van der Waals surface area contributed by atoms with Gasteiger partial charge in [0.1, 0.15) is 5.52 Å². The summed E-state index contributed by atoms with van der Waals surface area (Å²) in [5, 5.41) is 0. The number of fused-ring (bicyclic) bond motifs is 1. The number of aromatic nitrogens is 3. The fourth-order valence-electron chi connectivity index (χ4n) is 5.39. The molecule has 0 amide bonds. The van der Waals surface area contributed by atoms with Gasteiger partial charge in [0.05, 0.1) is 18.2 Å². The van der Waals surface area contributed by atoms with E-state index in [0.717, 1.165) is 24.8 Å². The molecule has 3 heterocycles. The van der Waals surface area contributed by atoms with Crippen LogP contribution in [-0.4, -0.2) is 51.7 Å². The van der Waals surface area contributed by atoms with Crippen molar-refractivity contribution in [2.24, 2.45) is 7.05 Å². The lowest BCUT2D eigenvalue weighted by Gasteiger charge is -2.49. The molecule has 7 nitrogen and oxygen atoms in total. The summed E-state index contributed by atoms with van der Waals surface area (Å²) in [6, 6.07) is 9.22. The number of piperazine rings is 1. The summed E-state index contributed by atoms with van der Waals surface area (Å²) in [6.45, 7) is 7.59. The van der Waals surface area contributed by atoms with Gasteiger partial charge in [0.2, 0.25) is 5.88 Å². The van der Waals surface area contributed by atoms with Gasteiger partial charge in [-0.25, -0.2) is 9.78 Å². The lowest BCUT2D eigenvalue weighted by molar-refractivity contribution is -0.137. The van der Waals surface area contributed by atoms with Crippen LogP contribution < -0.4 is 15.3 Å². The number of rotatable bonds is 7. The Hall–Kier alpha value is -3.14. The molecule has 200 valence electrons. The summed E-state index contributed by atoms with van der Waals surface area (Å²) < 4.78 is 46.2. The smallest absolute Gasteiger partial charge is 0.416 e. The predicted molar refractivity (Wildman–Crippen MR) is 138 cm³/mol. The number of ether oxygens (including phenoxy) is 1. The van der Waals surface area contributed by atoms with E-state index in [1.165, 1.54) is 16.7 Å². The highest BCUT2D eigenvalue weighted by Gasteiger charge is 2.38. The van der Waals surface area contributed by atoms with Crippen LogP contribution in [0.1, 0.15) is 57.2 Å². The molecule has 0 N–H and O–H groups in total. The van der Waals surface area contributed by atoms with E-state index in [2.05, 4.69) is 40.5 Å². The first-order valence-corrected chi connectivity index (χ1v) is 12.7. The molecule has 1 fully saturated rings. The Morgan fingerprint density at radius 3 is 2.24 bits per heavy atom. The van der Waals surface area contributed by atoms with Gasteiger partial charge in [0, 0.05) is 44.3 Å².